The Hall–Kier alpha value is -1.38. The highest BCUT2D eigenvalue weighted by molar-refractivity contribution is 6.52. The first-order chi connectivity index (χ1) is 4.55. The predicted molar refractivity (Wildman–Crippen MR) is 34.5 cm³/mol. The number of Topliss-reactive ketones (excluding diaryl/α,β-unsaturated/α-hetero) is 2. The van der Waals surface area contributed by atoms with Crippen LogP contribution in [0.25, 0.3) is 0 Å². The fourth-order valence-corrected chi connectivity index (χ4v) is 0.749. The van der Waals surface area contributed by atoms with Crippen LogP contribution in [0.15, 0.2) is 23.5 Å². The van der Waals surface area contributed by atoms with Crippen molar-refractivity contribution in [2.45, 2.75) is 6.92 Å². The van der Waals surface area contributed by atoms with Gasteiger partial charge < -0.3 is 5.11 Å². The monoisotopic (exact) mass is 138 g/mol. The van der Waals surface area contributed by atoms with Crippen LogP contribution in [0.4, 0.5) is 0 Å². The molecule has 0 aliphatic heterocycles. The number of carbonyl (C=O) groups excluding carboxylic acids is 2. The topological polar surface area (TPSA) is 54.4 Å². The van der Waals surface area contributed by atoms with E-state index in [9.17, 15) is 9.59 Å². The van der Waals surface area contributed by atoms with Crippen LogP contribution < -0.4 is 0 Å². The van der Waals surface area contributed by atoms with Gasteiger partial charge >= 0.3 is 0 Å². The van der Waals surface area contributed by atoms with E-state index in [2.05, 4.69) is 6.58 Å². The Balaban J connectivity index is 3.24. The Morgan fingerprint density at radius 2 is 1.80 bits per heavy atom. The van der Waals surface area contributed by atoms with Crippen molar-refractivity contribution in [3.63, 3.8) is 0 Å². The van der Waals surface area contributed by atoms with E-state index in [0.717, 1.165) is 0 Å². The zero-order valence-electron chi connectivity index (χ0n) is 5.47. The van der Waals surface area contributed by atoms with Crippen molar-refractivity contribution in [1.29, 1.82) is 0 Å². The third-order valence-electron chi connectivity index (χ3n) is 1.46. The Morgan fingerprint density at radius 1 is 1.30 bits per heavy atom. The number of aliphatic hydroxyl groups excluding tert-OH is 1. The molecule has 0 fully saturated rings. The highest BCUT2D eigenvalue weighted by Gasteiger charge is 2.31. The molecule has 0 radical (unpaired) electrons. The lowest BCUT2D eigenvalue weighted by atomic mass is 10.2. The molecule has 0 saturated carbocycles. The summed E-state index contributed by atoms with van der Waals surface area (Å²) < 4.78 is 0. The van der Waals surface area contributed by atoms with Crippen LogP contribution in [0.3, 0.4) is 0 Å². The summed E-state index contributed by atoms with van der Waals surface area (Å²) >= 11 is 0. The molecule has 0 atom stereocenters. The van der Waals surface area contributed by atoms with E-state index in [1.165, 1.54) is 6.92 Å². The number of allylic oxidation sites excluding steroid dienone is 2. The van der Waals surface area contributed by atoms with Crippen LogP contribution in [0.2, 0.25) is 0 Å². The van der Waals surface area contributed by atoms with Gasteiger partial charge in [0.2, 0.25) is 11.6 Å². The summed E-state index contributed by atoms with van der Waals surface area (Å²) in [5.74, 6) is -1.62. The van der Waals surface area contributed by atoms with Gasteiger partial charge in [-0.1, -0.05) is 6.58 Å². The normalized spacial score (nSPS) is 19.1. The Labute approximate surface area is 57.7 Å². The maximum absolute atomic E-state index is 10.7. The van der Waals surface area contributed by atoms with Crippen LogP contribution >= 0.6 is 0 Å². The summed E-state index contributed by atoms with van der Waals surface area (Å²) in [7, 11) is 0. The van der Waals surface area contributed by atoms with Crippen molar-refractivity contribution >= 4 is 11.6 Å². The lowest BCUT2D eigenvalue weighted by Gasteiger charge is -1.87. The summed E-state index contributed by atoms with van der Waals surface area (Å²) in [6.45, 7) is 4.64. The molecule has 0 spiro atoms. The number of hydrogen-bond acceptors (Lipinski definition) is 3. The van der Waals surface area contributed by atoms with Gasteiger partial charge in [-0.05, 0) is 6.92 Å². The fourth-order valence-electron chi connectivity index (χ4n) is 0.749. The lowest BCUT2D eigenvalue weighted by Crippen LogP contribution is -2.07. The Morgan fingerprint density at radius 3 is 1.90 bits per heavy atom. The SMILES string of the molecule is C=C1C(=O)C(=O)C(C)=C1O. The van der Waals surface area contributed by atoms with Crippen LogP contribution in [-0.2, 0) is 9.59 Å². The van der Waals surface area contributed by atoms with Gasteiger partial charge in [0.05, 0.1) is 5.57 Å². The second kappa shape index (κ2) is 1.80. The van der Waals surface area contributed by atoms with E-state index < -0.39 is 11.6 Å². The molecule has 0 heterocycles. The minimum Gasteiger partial charge on any atom is -0.507 e. The maximum atomic E-state index is 10.7. The summed E-state index contributed by atoms with van der Waals surface area (Å²) in [6, 6.07) is 0. The average molecular weight is 138 g/mol. The van der Waals surface area contributed by atoms with E-state index in [0.29, 0.717) is 0 Å². The molecular formula is C7H6O3. The van der Waals surface area contributed by atoms with E-state index in [1.807, 2.05) is 0 Å². The van der Waals surface area contributed by atoms with Crippen molar-refractivity contribution in [2.24, 2.45) is 0 Å². The van der Waals surface area contributed by atoms with E-state index >= 15 is 0 Å². The number of carbonyl (C=O) groups is 2. The summed E-state index contributed by atoms with van der Waals surface area (Å²) in [6.07, 6.45) is 0. The second-order valence-corrected chi connectivity index (χ2v) is 2.11. The van der Waals surface area contributed by atoms with Crippen LogP contribution in [-0.4, -0.2) is 16.7 Å². The van der Waals surface area contributed by atoms with Gasteiger partial charge in [-0.3, -0.25) is 9.59 Å². The van der Waals surface area contributed by atoms with Crippen LogP contribution in [0, 0.1) is 0 Å². The van der Waals surface area contributed by atoms with Crippen molar-refractivity contribution in [3.05, 3.63) is 23.5 Å². The Bertz CT molecular complexity index is 245. The molecule has 3 heteroatoms. The summed E-state index contributed by atoms with van der Waals surface area (Å²) in [4.78, 5) is 21.4. The Kier molecular flexibility index (Phi) is 1.21. The molecule has 3 nitrogen and oxygen atoms in total. The molecule has 1 rings (SSSR count). The van der Waals surface area contributed by atoms with Gasteiger partial charge in [0.1, 0.15) is 5.76 Å². The maximum Gasteiger partial charge on any atom is 0.236 e. The van der Waals surface area contributed by atoms with Gasteiger partial charge in [0, 0.05) is 5.57 Å². The fraction of sp³-hybridized carbons (Fsp3) is 0.143. The molecule has 0 aromatic carbocycles. The smallest absolute Gasteiger partial charge is 0.236 e. The molecule has 0 saturated heterocycles. The molecule has 10 heavy (non-hydrogen) atoms. The van der Waals surface area contributed by atoms with Gasteiger partial charge in [-0.25, -0.2) is 0 Å². The quantitative estimate of drug-likeness (QED) is 0.392. The minimum absolute atomic E-state index is 0.0926. The first kappa shape index (κ1) is 6.74. The first-order valence-corrected chi connectivity index (χ1v) is 2.74. The number of ketones is 2. The minimum atomic E-state index is -0.699. The average Bonchev–Trinajstić information content (AvgIpc) is 2.07. The standard InChI is InChI=1S/C7H6O3/c1-3-5(8)4(2)7(10)6(3)9/h8H,1H2,2H3. The van der Waals surface area contributed by atoms with Crippen molar-refractivity contribution in [2.75, 3.05) is 0 Å². The largest absolute Gasteiger partial charge is 0.507 e. The number of aliphatic hydroxyl groups is 1. The molecule has 0 aromatic heterocycles. The predicted octanol–water partition coefficient (Wildman–Crippen LogP) is 0.526. The molecule has 52 valence electrons. The van der Waals surface area contributed by atoms with Crippen LogP contribution in [0.5, 0.6) is 0 Å². The molecule has 1 N–H and O–H groups in total. The molecule has 0 amide bonds. The zero-order chi connectivity index (χ0) is 7.89. The molecule has 1 aliphatic rings. The highest BCUT2D eigenvalue weighted by atomic mass is 16.3. The molecular weight excluding hydrogens is 132 g/mol. The summed E-state index contributed by atoms with van der Waals surface area (Å²) in [5, 5.41) is 8.95. The summed E-state index contributed by atoms with van der Waals surface area (Å²) in [5.41, 5.74) is -0.00231. The van der Waals surface area contributed by atoms with Crippen LogP contribution in [0.1, 0.15) is 6.92 Å². The van der Waals surface area contributed by atoms with Crippen molar-refractivity contribution in [3.8, 4) is 0 Å². The second-order valence-electron chi connectivity index (χ2n) is 2.11. The highest BCUT2D eigenvalue weighted by Crippen LogP contribution is 2.20. The lowest BCUT2D eigenvalue weighted by molar-refractivity contribution is -0.131. The van der Waals surface area contributed by atoms with Crippen molar-refractivity contribution in [1.82, 2.24) is 0 Å². The van der Waals surface area contributed by atoms with E-state index in [1.54, 1.807) is 0 Å². The zero-order valence-corrected chi connectivity index (χ0v) is 5.47. The third-order valence-corrected chi connectivity index (χ3v) is 1.46. The number of hydrogen-bond donors (Lipinski definition) is 1. The third kappa shape index (κ3) is 0.603. The molecule has 0 unspecified atom stereocenters. The molecule has 0 bridgehead atoms. The molecule has 0 aromatic rings. The van der Waals surface area contributed by atoms with Gasteiger partial charge in [0.25, 0.3) is 0 Å². The van der Waals surface area contributed by atoms with E-state index in [-0.39, 0.29) is 16.9 Å². The van der Waals surface area contributed by atoms with Crippen molar-refractivity contribution < 1.29 is 14.7 Å². The molecule has 1 aliphatic carbocycles. The van der Waals surface area contributed by atoms with Gasteiger partial charge in [0.15, 0.2) is 0 Å². The van der Waals surface area contributed by atoms with Gasteiger partial charge in [-0.2, -0.15) is 0 Å². The first-order valence-electron chi connectivity index (χ1n) is 2.74. The number of rotatable bonds is 0. The van der Waals surface area contributed by atoms with E-state index in [4.69, 9.17) is 5.11 Å². The van der Waals surface area contributed by atoms with Gasteiger partial charge in [-0.15, -0.1) is 0 Å².